The molecule has 1 N–H and O–H groups in total. The van der Waals surface area contributed by atoms with Gasteiger partial charge in [0.2, 0.25) is 0 Å². The van der Waals surface area contributed by atoms with Gasteiger partial charge in [0.25, 0.3) is 0 Å². The van der Waals surface area contributed by atoms with Crippen molar-refractivity contribution in [3.8, 4) is 11.5 Å². The van der Waals surface area contributed by atoms with Crippen LogP contribution in [0.4, 0.5) is 0 Å². The van der Waals surface area contributed by atoms with Gasteiger partial charge in [-0.1, -0.05) is 23.7 Å². The molecule has 0 spiro atoms. The summed E-state index contributed by atoms with van der Waals surface area (Å²) in [5.74, 6) is 1.43. The summed E-state index contributed by atoms with van der Waals surface area (Å²) in [6, 6.07) is 11.7. The molecule has 1 aliphatic rings. The highest BCUT2D eigenvalue weighted by Crippen LogP contribution is 2.32. The summed E-state index contributed by atoms with van der Waals surface area (Å²) >= 11 is 6.07. The van der Waals surface area contributed by atoms with Gasteiger partial charge in [-0.2, -0.15) is 0 Å². The van der Waals surface area contributed by atoms with E-state index in [0.29, 0.717) is 16.3 Å². The van der Waals surface area contributed by atoms with Gasteiger partial charge in [-0.3, -0.25) is 0 Å². The zero-order chi connectivity index (χ0) is 13.9. The monoisotopic (exact) mass is 288 g/mol. The Bertz CT molecular complexity index is 622. The first-order valence-corrected chi connectivity index (χ1v) is 7.33. The highest BCUT2D eigenvalue weighted by atomic mass is 35.5. The zero-order valence-electron chi connectivity index (χ0n) is 11.2. The standard InChI is InChI=1S/C17H17ClO2/c18-16-6-3-7-17(15(16)11-19)20-14-9-8-12-4-1-2-5-13(12)10-14/h3,6-10,19H,1-2,4-5,11H2. The van der Waals surface area contributed by atoms with Crippen LogP contribution in [0.25, 0.3) is 0 Å². The van der Waals surface area contributed by atoms with E-state index in [2.05, 4.69) is 12.1 Å². The van der Waals surface area contributed by atoms with Gasteiger partial charge in [0.05, 0.1) is 6.61 Å². The van der Waals surface area contributed by atoms with E-state index in [4.69, 9.17) is 16.3 Å². The predicted octanol–water partition coefficient (Wildman–Crippen LogP) is 4.50. The molecule has 2 aromatic carbocycles. The number of hydrogen-bond donors (Lipinski definition) is 1. The number of hydrogen-bond acceptors (Lipinski definition) is 2. The normalized spacial score (nSPS) is 13.9. The van der Waals surface area contributed by atoms with Crippen molar-refractivity contribution in [2.45, 2.75) is 32.3 Å². The third-order valence-corrected chi connectivity index (χ3v) is 4.14. The van der Waals surface area contributed by atoms with Gasteiger partial charge >= 0.3 is 0 Å². The first-order valence-electron chi connectivity index (χ1n) is 6.96. The molecule has 2 aromatic rings. The number of aliphatic hydroxyl groups is 1. The third kappa shape index (κ3) is 2.67. The van der Waals surface area contributed by atoms with Gasteiger partial charge < -0.3 is 9.84 Å². The minimum absolute atomic E-state index is 0.125. The average Bonchev–Trinajstić information content (AvgIpc) is 2.47. The van der Waals surface area contributed by atoms with Crippen LogP contribution in [0.2, 0.25) is 5.02 Å². The Hall–Kier alpha value is -1.51. The average molecular weight is 289 g/mol. The Balaban J connectivity index is 1.90. The summed E-state index contributed by atoms with van der Waals surface area (Å²) in [6.45, 7) is -0.125. The lowest BCUT2D eigenvalue weighted by molar-refractivity contribution is 0.276. The highest BCUT2D eigenvalue weighted by Gasteiger charge is 2.12. The molecule has 0 amide bonds. The number of fused-ring (bicyclic) bond motifs is 1. The van der Waals surface area contributed by atoms with E-state index < -0.39 is 0 Å². The summed E-state index contributed by atoms with van der Waals surface area (Å²) < 4.78 is 5.90. The molecule has 2 nitrogen and oxygen atoms in total. The molecule has 0 aromatic heterocycles. The zero-order valence-corrected chi connectivity index (χ0v) is 12.0. The fourth-order valence-electron chi connectivity index (χ4n) is 2.69. The van der Waals surface area contributed by atoms with Gasteiger partial charge in [0.1, 0.15) is 11.5 Å². The fourth-order valence-corrected chi connectivity index (χ4v) is 2.91. The van der Waals surface area contributed by atoms with Gasteiger partial charge in [-0.25, -0.2) is 0 Å². The van der Waals surface area contributed by atoms with Crippen molar-refractivity contribution in [1.29, 1.82) is 0 Å². The van der Waals surface area contributed by atoms with E-state index in [1.54, 1.807) is 6.07 Å². The predicted molar refractivity (Wildman–Crippen MR) is 80.5 cm³/mol. The largest absolute Gasteiger partial charge is 0.457 e. The van der Waals surface area contributed by atoms with Gasteiger partial charge in [-0.05, 0) is 61.1 Å². The molecule has 0 saturated carbocycles. The van der Waals surface area contributed by atoms with Crippen molar-refractivity contribution in [2.75, 3.05) is 0 Å². The van der Waals surface area contributed by atoms with Crippen LogP contribution in [-0.4, -0.2) is 5.11 Å². The molecule has 0 atom stereocenters. The smallest absolute Gasteiger partial charge is 0.134 e. The Morgan fingerprint density at radius 2 is 1.85 bits per heavy atom. The minimum atomic E-state index is -0.125. The number of benzene rings is 2. The second-order valence-electron chi connectivity index (χ2n) is 5.11. The lowest BCUT2D eigenvalue weighted by atomic mass is 9.92. The molecule has 0 radical (unpaired) electrons. The Kier molecular flexibility index (Phi) is 3.95. The maximum Gasteiger partial charge on any atom is 0.134 e. The number of ether oxygens (including phenoxy) is 1. The lowest BCUT2D eigenvalue weighted by Gasteiger charge is -2.17. The second-order valence-corrected chi connectivity index (χ2v) is 5.52. The molecule has 0 bridgehead atoms. The van der Waals surface area contributed by atoms with Crippen molar-refractivity contribution in [2.24, 2.45) is 0 Å². The first-order chi connectivity index (χ1) is 9.78. The van der Waals surface area contributed by atoms with Crippen molar-refractivity contribution in [3.63, 3.8) is 0 Å². The van der Waals surface area contributed by atoms with E-state index in [-0.39, 0.29) is 6.61 Å². The first kappa shape index (κ1) is 13.5. The van der Waals surface area contributed by atoms with Crippen LogP contribution < -0.4 is 4.74 Å². The van der Waals surface area contributed by atoms with Crippen LogP contribution in [0.5, 0.6) is 11.5 Å². The molecular weight excluding hydrogens is 272 g/mol. The highest BCUT2D eigenvalue weighted by molar-refractivity contribution is 6.31. The van der Waals surface area contributed by atoms with Crippen LogP contribution in [0.1, 0.15) is 29.5 Å². The molecule has 20 heavy (non-hydrogen) atoms. The molecule has 3 rings (SSSR count). The summed E-state index contributed by atoms with van der Waals surface area (Å²) in [6.07, 6.45) is 4.80. The second kappa shape index (κ2) is 5.86. The van der Waals surface area contributed by atoms with Crippen LogP contribution in [0.3, 0.4) is 0 Å². The topological polar surface area (TPSA) is 29.5 Å². The van der Waals surface area contributed by atoms with E-state index in [0.717, 1.165) is 18.6 Å². The van der Waals surface area contributed by atoms with E-state index in [1.165, 1.54) is 24.0 Å². The summed E-state index contributed by atoms with van der Waals surface area (Å²) in [7, 11) is 0. The molecule has 3 heteroatoms. The van der Waals surface area contributed by atoms with Crippen molar-refractivity contribution in [1.82, 2.24) is 0 Å². The molecule has 0 unspecified atom stereocenters. The molecule has 0 saturated heterocycles. The van der Waals surface area contributed by atoms with E-state index in [9.17, 15) is 5.11 Å². The molecule has 0 heterocycles. The van der Waals surface area contributed by atoms with Crippen LogP contribution >= 0.6 is 11.6 Å². The molecule has 0 aliphatic heterocycles. The maximum absolute atomic E-state index is 9.40. The number of aliphatic hydroxyl groups excluding tert-OH is 1. The Morgan fingerprint density at radius 1 is 1.05 bits per heavy atom. The van der Waals surface area contributed by atoms with Crippen molar-refractivity contribution in [3.05, 3.63) is 58.1 Å². The molecule has 104 valence electrons. The summed E-state index contributed by atoms with van der Waals surface area (Å²) in [5, 5.41) is 9.94. The quantitative estimate of drug-likeness (QED) is 0.901. The van der Waals surface area contributed by atoms with Gasteiger partial charge in [0.15, 0.2) is 0 Å². The minimum Gasteiger partial charge on any atom is -0.457 e. The van der Waals surface area contributed by atoms with E-state index in [1.807, 2.05) is 18.2 Å². The van der Waals surface area contributed by atoms with Gasteiger partial charge in [0, 0.05) is 10.6 Å². The van der Waals surface area contributed by atoms with Crippen LogP contribution in [0, 0.1) is 0 Å². The van der Waals surface area contributed by atoms with Crippen molar-refractivity contribution >= 4 is 11.6 Å². The lowest BCUT2D eigenvalue weighted by Crippen LogP contribution is -2.02. The maximum atomic E-state index is 9.40. The van der Waals surface area contributed by atoms with Crippen LogP contribution in [-0.2, 0) is 19.4 Å². The van der Waals surface area contributed by atoms with Gasteiger partial charge in [-0.15, -0.1) is 0 Å². The molecular formula is C17H17ClO2. The Morgan fingerprint density at radius 3 is 2.65 bits per heavy atom. The SMILES string of the molecule is OCc1c(Cl)cccc1Oc1ccc2c(c1)CCCC2. The summed E-state index contributed by atoms with van der Waals surface area (Å²) in [4.78, 5) is 0. The molecule has 1 aliphatic carbocycles. The number of rotatable bonds is 3. The number of halogens is 1. The number of aryl methyl sites for hydroxylation is 2. The van der Waals surface area contributed by atoms with Crippen molar-refractivity contribution < 1.29 is 9.84 Å². The summed E-state index contributed by atoms with van der Waals surface area (Å²) in [5.41, 5.74) is 3.44. The Labute approximate surface area is 124 Å². The van der Waals surface area contributed by atoms with E-state index >= 15 is 0 Å². The molecule has 0 fully saturated rings. The third-order valence-electron chi connectivity index (χ3n) is 3.78. The fraction of sp³-hybridized carbons (Fsp3) is 0.294. The van der Waals surface area contributed by atoms with Crippen LogP contribution in [0.15, 0.2) is 36.4 Å².